The minimum atomic E-state index is 0.0218. The van der Waals surface area contributed by atoms with Crippen LogP contribution in [0, 0.1) is 0 Å². The zero-order chi connectivity index (χ0) is 17.0. The number of carbonyl (C=O) groups excluding carboxylic acids is 1. The molecule has 2 heterocycles. The minimum Gasteiger partial charge on any atom is -0.353 e. The number of nitrogens with zero attached hydrogens (tertiary/aromatic N) is 4. The Labute approximate surface area is 139 Å². The molecule has 128 valence electrons. The predicted molar refractivity (Wildman–Crippen MR) is 92.7 cm³/mol. The first-order valence-electron chi connectivity index (χ1n) is 8.36. The van der Waals surface area contributed by atoms with E-state index in [0.29, 0.717) is 6.54 Å². The molecule has 1 fully saturated rings. The van der Waals surface area contributed by atoms with Gasteiger partial charge in [-0.05, 0) is 26.0 Å². The van der Waals surface area contributed by atoms with E-state index in [0.717, 1.165) is 37.7 Å². The Bertz CT molecular complexity index is 513. The van der Waals surface area contributed by atoms with Gasteiger partial charge < -0.3 is 10.2 Å². The summed E-state index contributed by atoms with van der Waals surface area (Å²) in [6.07, 6.45) is 0. The number of rotatable bonds is 4. The number of nitrogens with one attached hydrogen (secondary N) is 1. The van der Waals surface area contributed by atoms with Crippen LogP contribution in [0.25, 0.3) is 0 Å². The summed E-state index contributed by atoms with van der Waals surface area (Å²) >= 11 is 0. The van der Waals surface area contributed by atoms with Gasteiger partial charge in [0.25, 0.3) is 0 Å². The van der Waals surface area contributed by atoms with Gasteiger partial charge in [0.05, 0.1) is 12.2 Å². The second-order valence-corrected chi connectivity index (χ2v) is 7.51. The first kappa shape index (κ1) is 17.7. The van der Waals surface area contributed by atoms with E-state index in [1.54, 1.807) is 0 Å². The minimum absolute atomic E-state index is 0.0218. The lowest BCUT2D eigenvalue weighted by atomic mass is 9.92. The van der Waals surface area contributed by atoms with E-state index >= 15 is 0 Å². The summed E-state index contributed by atoms with van der Waals surface area (Å²) < 4.78 is 0. The highest BCUT2D eigenvalue weighted by molar-refractivity contribution is 5.78. The molecule has 0 radical (unpaired) electrons. The highest BCUT2D eigenvalue weighted by Crippen LogP contribution is 2.21. The Hall–Kier alpha value is -1.69. The van der Waals surface area contributed by atoms with Crippen LogP contribution < -0.4 is 10.2 Å². The molecule has 0 bridgehead atoms. The van der Waals surface area contributed by atoms with Crippen molar-refractivity contribution in [1.29, 1.82) is 0 Å². The van der Waals surface area contributed by atoms with Crippen molar-refractivity contribution >= 4 is 11.7 Å². The van der Waals surface area contributed by atoms with Crippen molar-refractivity contribution in [3.05, 3.63) is 17.8 Å². The lowest BCUT2D eigenvalue weighted by molar-refractivity contribution is -0.122. The summed E-state index contributed by atoms with van der Waals surface area (Å²) in [5, 5.41) is 11.7. The fraction of sp³-hybridized carbons (Fsp3) is 0.706. The standard InChI is InChI=1S/C17H29N5O/c1-13(2)18-16(23)12-21-8-10-22(11-9-21)15-7-6-14(19-20-15)17(3,4)5/h6-7,13H,8-12H2,1-5H3,(H,18,23). The summed E-state index contributed by atoms with van der Waals surface area (Å²) in [5.41, 5.74) is 1.03. The Kier molecular flexibility index (Phi) is 5.57. The summed E-state index contributed by atoms with van der Waals surface area (Å²) in [6, 6.07) is 4.31. The molecule has 0 aromatic carbocycles. The molecule has 1 aromatic heterocycles. The van der Waals surface area contributed by atoms with E-state index in [1.165, 1.54) is 0 Å². The number of hydrogen-bond donors (Lipinski definition) is 1. The Morgan fingerprint density at radius 2 is 1.83 bits per heavy atom. The first-order valence-corrected chi connectivity index (χ1v) is 8.36. The zero-order valence-electron chi connectivity index (χ0n) is 15.0. The molecule has 0 saturated carbocycles. The van der Waals surface area contributed by atoms with Crippen molar-refractivity contribution in [1.82, 2.24) is 20.4 Å². The van der Waals surface area contributed by atoms with Gasteiger partial charge >= 0.3 is 0 Å². The van der Waals surface area contributed by atoms with Gasteiger partial charge in [0.2, 0.25) is 5.91 Å². The highest BCUT2D eigenvalue weighted by Gasteiger charge is 2.21. The molecule has 0 atom stereocenters. The molecule has 0 unspecified atom stereocenters. The van der Waals surface area contributed by atoms with E-state index in [1.807, 2.05) is 13.8 Å². The average molecular weight is 319 g/mol. The lowest BCUT2D eigenvalue weighted by Crippen LogP contribution is -2.50. The van der Waals surface area contributed by atoms with Crippen molar-refractivity contribution < 1.29 is 4.79 Å². The monoisotopic (exact) mass is 319 g/mol. The molecule has 23 heavy (non-hydrogen) atoms. The number of amides is 1. The fourth-order valence-corrected chi connectivity index (χ4v) is 2.60. The molecule has 2 rings (SSSR count). The van der Waals surface area contributed by atoms with Crippen molar-refractivity contribution in [3.63, 3.8) is 0 Å². The fourth-order valence-electron chi connectivity index (χ4n) is 2.60. The number of piperazine rings is 1. The predicted octanol–water partition coefficient (Wildman–Crippen LogP) is 1.42. The molecule has 0 aliphatic carbocycles. The Morgan fingerprint density at radius 1 is 1.17 bits per heavy atom. The van der Waals surface area contributed by atoms with Gasteiger partial charge in [0.15, 0.2) is 5.82 Å². The van der Waals surface area contributed by atoms with Crippen molar-refractivity contribution in [3.8, 4) is 0 Å². The van der Waals surface area contributed by atoms with Crippen LogP contribution in [0.4, 0.5) is 5.82 Å². The summed E-state index contributed by atoms with van der Waals surface area (Å²) in [6.45, 7) is 14.3. The molecule has 0 spiro atoms. The maximum absolute atomic E-state index is 11.8. The van der Waals surface area contributed by atoms with Crippen LogP contribution in [0.3, 0.4) is 0 Å². The van der Waals surface area contributed by atoms with E-state index in [-0.39, 0.29) is 17.4 Å². The number of anilines is 1. The van der Waals surface area contributed by atoms with Gasteiger partial charge in [0, 0.05) is 37.6 Å². The van der Waals surface area contributed by atoms with E-state index in [9.17, 15) is 4.79 Å². The van der Waals surface area contributed by atoms with Crippen LogP contribution in [-0.2, 0) is 10.2 Å². The molecular weight excluding hydrogens is 290 g/mol. The van der Waals surface area contributed by atoms with Crippen LogP contribution in [-0.4, -0.2) is 59.8 Å². The van der Waals surface area contributed by atoms with E-state index in [2.05, 4.69) is 58.2 Å². The molecule has 1 saturated heterocycles. The van der Waals surface area contributed by atoms with Gasteiger partial charge in [-0.15, -0.1) is 5.10 Å². The Balaban J connectivity index is 1.86. The normalized spacial score (nSPS) is 16.7. The van der Waals surface area contributed by atoms with Crippen molar-refractivity contribution in [2.45, 2.75) is 46.1 Å². The molecule has 6 nitrogen and oxygen atoms in total. The van der Waals surface area contributed by atoms with Crippen LogP contribution in [0.15, 0.2) is 12.1 Å². The average Bonchev–Trinajstić information content (AvgIpc) is 2.46. The maximum Gasteiger partial charge on any atom is 0.234 e. The first-order chi connectivity index (χ1) is 10.8. The smallest absolute Gasteiger partial charge is 0.234 e. The SMILES string of the molecule is CC(C)NC(=O)CN1CCN(c2ccc(C(C)(C)C)nn2)CC1. The topological polar surface area (TPSA) is 61.4 Å². The zero-order valence-corrected chi connectivity index (χ0v) is 15.0. The molecule has 1 N–H and O–H groups in total. The number of hydrogen-bond acceptors (Lipinski definition) is 5. The Morgan fingerprint density at radius 3 is 2.30 bits per heavy atom. The largest absolute Gasteiger partial charge is 0.353 e. The van der Waals surface area contributed by atoms with Crippen molar-refractivity contribution in [2.24, 2.45) is 0 Å². The highest BCUT2D eigenvalue weighted by atomic mass is 16.2. The third kappa shape index (κ3) is 5.16. The molecule has 6 heteroatoms. The third-order valence-corrected chi connectivity index (χ3v) is 3.93. The van der Waals surface area contributed by atoms with Gasteiger partial charge in [-0.25, -0.2) is 0 Å². The second-order valence-electron chi connectivity index (χ2n) is 7.51. The van der Waals surface area contributed by atoms with Gasteiger partial charge in [-0.1, -0.05) is 20.8 Å². The quantitative estimate of drug-likeness (QED) is 0.909. The number of carbonyl (C=O) groups is 1. The maximum atomic E-state index is 11.8. The van der Waals surface area contributed by atoms with Crippen LogP contribution in [0.1, 0.15) is 40.3 Å². The van der Waals surface area contributed by atoms with Crippen LogP contribution >= 0.6 is 0 Å². The van der Waals surface area contributed by atoms with Crippen LogP contribution in [0.2, 0.25) is 0 Å². The van der Waals surface area contributed by atoms with Gasteiger partial charge in [0.1, 0.15) is 0 Å². The molecule has 1 amide bonds. The van der Waals surface area contributed by atoms with E-state index in [4.69, 9.17) is 0 Å². The second kappa shape index (κ2) is 7.25. The van der Waals surface area contributed by atoms with Crippen molar-refractivity contribution in [2.75, 3.05) is 37.6 Å². The van der Waals surface area contributed by atoms with Gasteiger partial charge in [-0.3, -0.25) is 9.69 Å². The summed E-state index contributed by atoms with van der Waals surface area (Å²) in [7, 11) is 0. The van der Waals surface area contributed by atoms with E-state index < -0.39 is 0 Å². The molecular formula is C17H29N5O. The third-order valence-electron chi connectivity index (χ3n) is 3.93. The molecule has 1 aliphatic rings. The summed E-state index contributed by atoms with van der Waals surface area (Å²) in [5.74, 6) is 1.02. The summed E-state index contributed by atoms with van der Waals surface area (Å²) in [4.78, 5) is 16.2. The molecule has 1 aromatic rings. The van der Waals surface area contributed by atoms with Gasteiger partial charge in [-0.2, -0.15) is 5.10 Å². The molecule has 1 aliphatic heterocycles. The number of aromatic nitrogens is 2. The lowest BCUT2D eigenvalue weighted by Gasteiger charge is -2.35. The van der Waals surface area contributed by atoms with Crippen LogP contribution in [0.5, 0.6) is 0 Å².